The summed E-state index contributed by atoms with van der Waals surface area (Å²) < 4.78 is 11.3. The van der Waals surface area contributed by atoms with Crippen molar-refractivity contribution >= 4 is 23.4 Å². The summed E-state index contributed by atoms with van der Waals surface area (Å²) in [4.78, 5) is 16.6. The highest BCUT2D eigenvalue weighted by Crippen LogP contribution is 2.25. The minimum Gasteiger partial charge on any atom is -0.492 e. The second kappa shape index (κ2) is 8.06. The Labute approximate surface area is 145 Å². The lowest BCUT2D eigenvalue weighted by Gasteiger charge is -2.12. The topological polar surface area (TPSA) is 60.5 Å². The van der Waals surface area contributed by atoms with E-state index in [1.807, 2.05) is 43.0 Å². The van der Waals surface area contributed by atoms with Crippen molar-refractivity contribution in [1.29, 1.82) is 0 Å². The number of pyridine rings is 1. The van der Waals surface area contributed by atoms with Crippen molar-refractivity contribution in [2.45, 2.75) is 19.4 Å². The van der Waals surface area contributed by atoms with Gasteiger partial charge in [0.25, 0.3) is 5.91 Å². The summed E-state index contributed by atoms with van der Waals surface area (Å²) in [5.74, 6) is 3.12. The molecule has 5 nitrogen and oxygen atoms in total. The number of carbonyl (C=O) groups is 1. The van der Waals surface area contributed by atoms with Gasteiger partial charge in [0.15, 0.2) is 0 Å². The molecule has 1 aromatic carbocycles. The summed E-state index contributed by atoms with van der Waals surface area (Å²) >= 11 is 1.89. The van der Waals surface area contributed by atoms with Gasteiger partial charge < -0.3 is 14.8 Å². The molecule has 0 aliphatic carbocycles. The summed E-state index contributed by atoms with van der Waals surface area (Å²) in [6.45, 7) is 2.45. The number of benzene rings is 1. The van der Waals surface area contributed by atoms with Gasteiger partial charge in [0, 0.05) is 18.0 Å². The SMILES string of the molecule is CCOc1ccccc1NC(=O)c1ccc(O[C@@H]2CCSC2)nc1. The molecule has 2 aromatic rings. The van der Waals surface area contributed by atoms with Gasteiger partial charge in [0.1, 0.15) is 11.9 Å². The molecule has 2 heterocycles. The number of ether oxygens (including phenoxy) is 2. The first kappa shape index (κ1) is 16.6. The van der Waals surface area contributed by atoms with Gasteiger partial charge in [-0.2, -0.15) is 11.8 Å². The van der Waals surface area contributed by atoms with Crippen LogP contribution in [0.2, 0.25) is 0 Å². The Kier molecular flexibility index (Phi) is 5.59. The number of anilines is 1. The van der Waals surface area contributed by atoms with Crippen LogP contribution in [-0.2, 0) is 0 Å². The Morgan fingerprint density at radius 1 is 1.33 bits per heavy atom. The summed E-state index contributed by atoms with van der Waals surface area (Å²) in [5.41, 5.74) is 1.13. The fraction of sp³-hybridized carbons (Fsp3) is 0.333. The number of hydrogen-bond donors (Lipinski definition) is 1. The maximum absolute atomic E-state index is 12.4. The third-order valence-corrected chi connectivity index (χ3v) is 4.74. The zero-order valence-corrected chi connectivity index (χ0v) is 14.3. The average Bonchev–Trinajstić information content (AvgIpc) is 3.10. The van der Waals surface area contributed by atoms with Crippen LogP contribution in [0.15, 0.2) is 42.6 Å². The zero-order chi connectivity index (χ0) is 16.8. The predicted molar refractivity (Wildman–Crippen MR) is 96.2 cm³/mol. The number of nitrogens with one attached hydrogen (secondary N) is 1. The van der Waals surface area contributed by atoms with E-state index in [1.54, 1.807) is 12.1 Å². The standard InChI is InChI=1S/C18H20N2O3S/c1-2-22-16-6-4-3-5-15(16)20-18(21)13-7-8-17(19-11-13)23-14-9-10-24-12-14/h3-8,11,14H,2,9-10,12H2,1H3,(H,20,21)/t14-/m1/s1. The van der Waals surface area contributed by atoms with Crippen molar-refractivity contribution in [1.82, 2.24) is 4.98 Å². The Bertz CT molecular complexity index is 685. The van der Waals surface area contributed by atoms with Crippen LogP contribution >= 0.6 is 11.8 Å². The molecule has 0 saturated carbocycles. The Hall–Kier alpha value is -2.21. The molecule has 6 heteroatoms. The van der Waals surface area contributed by atoms with Crippen LogP contribution < -0.4 is 14.8 Å². The van der Waals surface area contributed by atoms with Gasteiger partial charge in [0.05, 0.1) is 17.9 Å². The molecule has 1 N–H and O–H groups in total. The van der Waals surface area contributed by atoms with E-state index < -0.39 is 0 Å². The molecule has 1 atom stereocenters. The highest BCUT2D eigenvalue weighted by molar-refractivity contribution is 7.99. The second-order valence-electron chi connectivity index (χ2n) is 5.37. The van der Waals surface area contributed by atoms with Crippen LogP contribution in [0.4, 0.5) is 5.69 Å². The lowest BCUT2D eigenvalue weighted by atomic mass is 10.2. The fourth-order valence-electron chi connectivity index (χ4n) is 2.41. The van der Waals surface area contributed by atoms with Gasteiger partial charge in [-0.3, -0.25) is 4.79 Å². The van der Waals surface area contributed by atoms with E-state index in [-0.39, 0.29) is 12.0 Å². The van der Waals surface area contributed by atoms with Gasteiger partial charge in [-0.25, -0.2) is 4.98 Å². The molecule has 1 saturated heterocycles. The van der Waals surface area contributed by atoms with Gasteiger partial charge in [-0.05, 0) is 37.3 Å². The molecule has 1 aliphatic rings. The normalized spacial score (nSPS) is 16.6. The van der Waals surface area contributed by atoms with Gasteiger partial charge in [-0.15, -0.1) is 0 Å². The molecule has 0 bridgehead atoms. The predicted octanol–water partition coefficient (Wildman–Crippen LogP) is 3.62. The Morgan fingerprint density at radius 3 is 2.92 bits per heavy atom. The Balaban J connectivity index is 1.64. The largest absolute Gasteiger partial charge is 0.492 e. The third-order valence-electron chi connectivity index (χ3n) is 3.61. The number of hydrogen-bond acceptors (Lipinski definition) is 5. The molecule has 3 rings (SSSR count). The second-order valence-corrected chi connectivity index (χ2v) is 6.52. The fourth-order valence-corrected chi connectivity index (χ4v) is 3.50. The number of nitrogens with zero attached hydrogens (tertiary/aromatic N) is 1. The monoisotopic (exact) mass is 344 g/mol. The molecule has 0 spiro atoms. The first-order valence-electron chi connectivity index (χ1n) is 8.00. The molecule has 1 aliphatic heterocycles. The van der Waals surface area contributed by atoms with E-state index in [1.165, 1.54) is 6.20 Å². The first-order valence-corrected chi connectivity index (χ1v) is 9.15. The molecule has 1 fully saturated rings. The molecule has 0 unspecified atom stereocenters. The molecule has 126 valence electrons. The van der Waals surface area contributed by atoms with E-state index in [0.717, 1.165) is 17.9 Å². The van der Waals surface area contributed by atoms with Gasteiger partial charge >= 0.3 is 0 Å². The van der Waals surface area contributed by atoms with E-state index in [4.69, 9.17) is 9.47 Å². The Morgan fingerprint density at radius 2 is 2.21 bits per heavy atom. The van der Waals surface area contributed by atoms with Crippen LogP contribution in [0.5, 0.6) is 11.6 Å². The number of rotatable bonds is 6. The quantitative estimate of drug-likeness (QED) is 0.867. The lowest BCUT2D eigenvalue weighted by molar-refractivity contribution is 0.102. The number of carbonyl (C=O) groups excluding carboxylic acids is 1. The van der Waals surface area contributed by atoms with E-state index in [9.17, 15) is 4.79 Å². The number of thioether (sulfide) groups is 1. The van der Waals surface area contributed by atoms with E-state index in [0.29, 0.717) is 29.5 Å². The summed E-state index contributed by atoms with van der Waals surface area (Å²) in [5, 5.41) is 2.86. The molecule has 24 heavy (non-hydrogen) atoms. The number of amides is 1. The van der Waals surface area contributed by atoms with Crippen LogP contribution in [0.3, 0.4) is 0 Å². The van der Waals surface area contributed by atoms with Crippen molar-refractivity contribution in [3.05, 3.63) is 48.2 Å². The number of aromatic nitrogens is 1. The highest BCUT2D eigenvalue weighted by Gasteiger charge is 2.18. The van der Waals surface area contributed by atoms with Gasteiger partial charge in [0.2, 0.25) is 5.88 Å². The van der Waals surface area contributed by atoms with Crippen molar-refractivity contribution < 1.29 is 14.3 Å². The van der Waals surface area contributed by atoms with Crippen LogP contribution in [0.1, 0.15) is 23.7 Å². The molecule has 1 aromatic heterocycles. The number of para-hydroxylation sites is 2. The van der Waals surface area contributed by atoms with E-state index in [2.05, 4.69) is 10.3 Å². The van der Waals surface area contributed by atoms with Crippen molar-refractivity contribution in [2.24, 2.45) is 0 Å². The molecular formula is C18H20N2O3S. The minimum absolute atomic E-state index is 0.222. The van der Waals surface area contributed by atoms with Crippen molar-refractivity contribution in [3.8, 4) is 11.6 Å². The maximum Gasteiger partial charge on any atom is 0.257 e. The van der Waals surface area contributed by atoms with Crippen molar-refractivity contribution in [3.63, 3.8) is 0 Å². The lowest BCUT2D eigenvalue weighted by Crippen LogP contribution is -2.16. The highest BCUT2D eigenvalue weighted by atomic mass is 32.2. The summed E-state index contributed by atoms with van der Waals surface area (Å²) in [6, 6.07) is 10.8. The molecule has 1 amide bonds. The summed E-state index contributed by atoms with van der Waals surface area (Å²) in [7, 11) is 0. The van der Waals surface area contributed by atoms with Crippen molar-refractivity contribution in [2.75, 3.05) is 23.4 Å². The first-order chi connectivity index (χ1) is 11.8. The van der Waals surface area contributed by atoms with Crippen LogP contribution in [0, 0.1) is 0 Å². The van der Waals surface area contributed by atoms with E-state index >= 15 is 0 Å². The smallest absolute Gasteiger partial charge is 0.257 e. The molecular weight excluding hydrogens is 324 g/mol. The molecule has 0 radical (unpaired) electrons. The van der Waals surface area contributed by atoms with Crippen LogP contribution in [-0.4, -0.2) is 35.1 Å². The third kappa shape index (κ3) is 4.20. The summed E-state index contributed by atoms with van der Waals surface area (Å²) in [6.07, 6.45) is 2.80. The van der Waals surface area contributed by atoms with Gasteiger partial charge in [-0.1, -0.05) is 12.1 Å². The average molecular weight is 344 g/mol. The minimum atomic E-state index is -0.224. The zero-order valence-electron chi connectivity index (χ0n) is 13.5. The maximum atomic E-state index is 12.4. The van der Waals surface area contributed by atoms with Crippen LogP contribution in [0.25, 0.3) is 0 Å².